The lowest BCUT2D eigenvalue weighted by atomic mass is 10.1. The number of hydrogen-bond acceptors (Lipinski definition) is 3. The van der Waals surface area contributed by atoms with E-state index in [4.69, 9.17) is 0 Å². The van der Waals surface area contributed by atoms with Gasteiger partial charge in [0.2, 0.25) is 0 Å². The van der Waals surface area contributed by atoms with Crippen LogP contribution >= 0.6 is 0 Å². The molecule has 2 aliphatic carbocycles. The van der Waals surface area contributed by atoms with Crippen molar-refractivity contribution in [3.8, 4) is 0 Å². The van der Waals surface area contributed by atoms with Crippen molar-refractivity contribution in [2.75, 3.05) is 45.8 Å². The van der Waals surface area contributed by atoms with Gasteiger partial charge < -0.3 is 10.2 Å². The van der Waals surface area contributed by atoms with Gasteiger partial charge in [-0.1, -0.05) is 25.7 Å². The first-order valence-corrected chi connectivity index (χ1v) is 9.08. The molecular weight excluding hydrogens is 246 g/mol. The van der Waals surface area contributed by atoms with Crippen LogP contribution in [0.4, 0.5) is 0 Å². The second-order valence-electron chi connectivity index (χ2n) is 7.23. The van der Waals surface area contributed by atoms with Crippen LogP contribution in [0.3, 0.4) is 0 Å². The fraction of sp³-hybridized carbons (Fsp3) is 1.00. The van der Waals surface area contributed by atoms with Crippen LogP contribution in [0.5, 0.6) is 0 Å². The Morgan fingerprint density at radius 1 is 0.750 bits per heavy atom. The lowest BCUT2D eigenvalue weighted by Gasteiger charge is -2.35. The van der Waals surface area contributed by atoms with E-state index >= 15 is 0 Å². The molecule has 3 aliphatic rings. The Morgan fingerprint density at radius 3 is 2.05 bits per heavy atom. The molecule has 1 saturated heterocycles. The van der Waals surface area contributed by atoms with Gasteiger partial charge in [0.05, 0.1) is 0 Å². The maximum absolute atomic E-state index is 3.81. The van der Waals surface area contributed by atoms with Gasteiger partial charge in [-0.15, -0.1) is 0 Å². The van der Waals surface area contributed by atoms with Crippen molar-refractivity contribution in [3.05, 3.63) is 0 Å². The first kappa shape index (κ1) is 14.8. The van der Waals surface area contributed by atoms with E-state index in [9.17, 15) is 0 Å². The van der Waals surface area contributed by atoms with E-state index < -0.39 is 0 Å². The minimum atomic E-state index is 0.814. The fourth-order valence-electron chi connectivity index (χ4n) is 3.77. The summed E-state index contributed by atoms with van der Waals surface area (Å²) < 4.78 is 0. The molecule has 0 unspecified atom stereocenters. The summed E-state index contributed by atoms with van der Waals surface area (Å²) in [5.41, 5.74) is 0. The van der Waals surface area contributed by atoms with Crippen molar-refractivity contribution in [3.63, 3.8) is 0 Å². The Kier molecular flexibility index (Phi) is 5.75. The molecule has 3 nitrogen and oxygen atoms in total. The topological polar surface area (TPSA) is 18.5 Å². The van der Waals surface area contributed by atoms with Gasteiger partial charge in [0.1, 0.15) is 0 Å². The van der Waals surface area contributed by atoms with Crippen LogP contribution in [-0.4, -0.2) is 61.7 Å². The van der Waals surface area contributed by atoms with Crippen LogP contribution in [0.15, 0.2) is 0 Å². The van der Waals surface area contributed by atoms with Crippen molar-refractivity contribution < 1.29 is 0 Å². The Labute approximate surface area is 125 Å². The number of nitrogens with zero attached hydrogens (tertiary/aromatic N) is 2. The standard InChI is InChI=1S/C17H33N3/c1-2-4-6-17(5-3-1)18-9-10-19-11-13-20(14-12-19)15-16-7-8-16/h16-18H,1-15H2. The lowest BCUT2D eigenvalue weighted by molar-refractivity contribution is 0.128. The number of nitrogens with one attached hydrogen (secondary N) is 1. The SMILES string of the molecule is C1CCCC(NCCN2CCN(CC3CC3)CC2)CC1. The largest absolute Gasteiger partial charge is 0.313 e. The average Bonchev–Trinajstić information content (AvgIpc) is 3.28. The zero-order chi connectivity index (χ0) is 13.6. The second kappa shape index (κ2) is 7.77. The van der Waals surface area contributed by atoms with Gasteiger partial charge in [0.25, 0.3) is 0 Å². The summed E-state index contributed by atoms with van der Waals surface area (Å²) in [5, 5.41) is 3.81. The van der Waals surface area contributed by atoms with E-state index in [2.05, 4.69) is 15.1 Å². The average molecular weight is 279 g/mol. The summed E-state index contributed by atoms with van der Waals surface area (Å²) in [6, 6.07) is 0.814. The molecule has 116 valence electrons. The third-order valence-corrected chi connectivity index (χ3v) is 5.39. The highest BCUT2D eigenvalue weighted by Gasteiger charge is 2.26. The van der Waals surface area contributed by atoms with Crippen LogP contribution in [0, 0.1) is 5.92 Å². The Hall–Kier alpha value is -0.120. The molecule has 3 rings (SSSR count). The van der Waals surface area contributed by atoms with Crippen LogP contribution in [0.2, 0.25) is 0 Å². The van der Waals surface area contributed by atoms with Crippen molar-refractivity contribution >= 4 is 0 Å². The molecule has 0 spiro atoms. The Morgan fingerprint density at radius 2 is 1.40 bits per heavy atom. The number of piperazine rings is 1. The second-order valence-corrected chi connectivity index (χ2v) is 7.23. The molecule has 0 radical (unpaired) electrons. The van der Waals surface area contributed by atoms with Crippen LogP contribution in [-0.2, 0) is 0 Å². The quantitative estimate of drug-likeness (QED) is 0.753. The van der Waals surface area contributed by atoms with Crippen molar-refractivity contribution in [1.29, 1.82) is 0 Å². The Balaban J connectivity index is 1.25. The zero-order valence-corrected chi connectivity index (χ0v) is 13.2. The number of rotatable bonds is 6. The van der Waals surface area contributed by atoms with E-state index in [0.717, 1.165) is 12.0 Å². The summed E-state index contributed by atoms with van der Waals surface area (Å²) in [4.78, 5) is 5.35. The smallest absolute Gasteiger partial charge is 0.0110 e. The van der Waals surface area contributed by atoms with Gasteiger partial charge in [-0.2, -0.15) is 0 Å². The van der Waals surface area contributed by atoms with Gasteiger partial charge in [0, 0.05) is 51.9 Å². The highest BCUT2D eigenvalue weighted by atomic mass is 15.3. The molecule has 0 bridgehead atoms. The molecule has 20 heavy (non-hydrogen) atoms. The van der Waals surface area contributed by atoms with Gasteiger partial charge in [-0.05, 0) is 31.6 Å². The fourth-order valence-corrected chi connectivity index (χ4v) is 3.77. The van der Waals surface area contributed by atoms with E-state index in [1.807, 2.05) is 0 Å². The molecule has 1 heterocycles. The van der Waals surface area contributed by atoms with Gasteiger partial charge in [0.15, 0.2) is 0 Å². The molecule has 0 aromatic carbocycles. The first-order chi connectivity index (χ1) is 9.90. The van der Waals surface area contributed by atoms with Gasteiger partial charge in [-0.25, -0.2) is 0 Å². The molecule has 3 heteroatoms. The lowest BCUT2D eigenvalue weighted by Crippen LogP contribution is -2.49. The predicted molar refractivity (Wildman–Crippen MR) is 85.1 cm³/mol. The highest BCUT2D eigenvalue weighted by Crippen LogP contribution is 2.29. The summed E-state index contributed by atoms with van der Waals surface area (Å²) in [7, 11) is 0. The van der Waals surface area contributed by atoms with Gasteiger partial charge >= 0.3 is 0 Å². The van der Waals surface area contributed by atoms with Gasteiger partial charge in [-0.3, -0.25) is 4.90 Å². The molecule has 3 fully saturated rings. The molecule has 0 amide bonds. The Bertz CT molecular complexity index is 261. The summed E-state index contributed by atoms with van der Waals surface area (Å²) >= 11 is 0. The third-order valence-electron chi connectivity index (χ3n) is 5.39. The molecule has 1 N–H and O–H groups in total. The summed E-state index contributed by atoms with van der Waals surface area (Å²) in [5.74, 6) is 1.05. The molecule has 0 aromatic rings. The van der Waals surface area contributed by atoms with E-state index in [1.165, 1.54) is 97.2 Å². The van der Waals surface area contributed by atoms with Crippen molar-refractivity contribution in [2.45, 2.75) is 57.4 Å². The van der Waals surface area contributed by atoms with Crippen LogP contribution < -0.4 is 5.32 Å². The summed E-state index contributed by atoms with van der Waals surface area (Å²) in [6.45, 7) is 9.03. The third kappa shape index (κ3) is 5.01. The zero-order valence-electron chi connectivity index (χ0n) is 13.2. The predicted octanol–water partition coefficient (Wildman–Crippen LogP) is 2.33. The molecule has 2 saturated carbocycles. The minimum Gasteiger partial charge on any atom is -0.313 e. The molecular formula is C17H33N3. The number of hydrogen-bond donors (Lipinski definition) is 1. The van der Waals surface area contributed by atoms with E-state index in [1.54, 1.807) is 0 Å². The molecule has 0 atom stereocenters. The molecule has 0 aromatic heterocycles. The molecule has 1 aliphatic heterocycles. The van der Waals surface area contributed by atoms with E-state index in [0.29, 0.717) is 0 Å². The highest BCUT2D eigenvalue weighted by molar-refractivity contribution is 4.81. The minimum absolute atomic E-state index is 0.814. The maximum atomic E-state index is 3.81. The van der Waals surface area contributed by atoms with Crippen LogP contribution in [0.25, 0.3) is 0 Å². The first-order valence-electron chi connectivity index (χ1n) is 9.08. The monoisotopic (exact) mass is 279 g/mol. The van der Waals surface area contributed by atoms with Crippen molar-refractivity contribution in [1.82, 2.24) is 15.1 Å². The normalized spacial score (nSPS) is 27.6. The van der Waals surface area contributed by atoms with Crippen molar-refractivity contribution in [2.24, 2.45) is 5.92 Å². The van der Waals surface area contributed by atoms with Crippen LogP contribution in [0.1, 0.15) is 51.4 Å². The maximum Gasteiger partial charge on any atom is 0.0110 e. The van der Waals surface area contributed by atoms with E-state index in [-0.39, 0.29) is 0 Å². The summed E-state index contributed by atoms with van der Waals surface area (Å²) in [6.07, 6.45) is 11.6.